The average molecular weight is 416 g/mol. The van der Waals surface area contributed by atoms with Gasteiger partial charge in [0, 0.05) is 39.1 Å². The molecule has 1 saturated heterocycles. The van der Waals surface area contributed by atoms with E-state index in [-0.39, 0.29) is 17.2 Å². The SMILES string of the molecule is CCCC(NC(=O)CC(C)CC(C)(C)C)C(=O)N1CCN(Cc2ccccc2)CC1. The van der Waals surface area contributed by atoms with Crippen LogP contribution in [0.5, 0.6) is 0 Å². The summed E-state index contributed by atoms with van der Waals surface area (Å²) in [5.74, 6) is 0.387. The summed E-state index contributed by atoms with van der Waals surface area (Å²) in [5.41, 5.74) is 1.51. The summed E-state index contributed by atoms with van der Waals surface area (Å²) in [7, 11) is 0. The Morgan fingerprint density at radius 1 is 1.07 bits per heavy atom. The number of amides is 2. The van der Waals surface area contributed by atoms with Crippen molar-refractivity contribution in [2.24, 2.45) is 11.3 Å². The molecule has 0 radical (unpaired) electrons. The first-order valence-electron chi connectivity index (χ1n) is 11.5. The minimum atomic E-state index is -0.398. The molecule has 0 bridgehead atoms. The number of hydrogen-bond donors (Lipinski definition) is 1. The molecule has 1 heterocycles. The van der Waals surface area contributed by atoms with E-state index < -0.39 is 6.04 Å². The predicted molar refractivity (Wildman–Crippen MR) is 123 cm³/mol. The van der Waals surface area contributed by atoms with E-state index in [2.05, 4.69) is 69.1 Å². The number of nitrogens with zero attached hydrogens (tertiary/aromatic N) is 2. The van der Waals surface area contributed by atoms with Crippen molar-refractivity contribution in [3.05, 3.63) is 35.9 Å². The minimum absolute atomic E-state index is 0.00117. The monoisotopic (exact) mass is 415 g/mol. The van der Waals surface area contributed by atoms with Gasteiger partial charge in [-0.1, -0.05) is 71.4 Å². The lowest BCUT2D eigenvalue weighted by Crippen LogP contribution is -2.54. The molecule has 2 rings (SSSR count). The Morgan fingerprint density at radius 3 is 2.27 bits per heavy atom. The summed E-state index contributed by atoms with van der Waals surface area (Å²) >= 11 is 0. The highest BCUT2D eigenvalue weighted by Crippen LogP contribution is 2.26. The molecule has 5 nitrogen and oxygen atoms in total. The Labute approximate surface area is 183 Å². The Morgan fingerprint density at radius 2 is 1.70 bits per heavy atom. The average Bonchev–Trinajstić information content (AvgIpc) is 2.67. The van der Waals surface area contributed by atoms with Crippen LogP contribution in [0.2, 0.25) is 0 Å². The third-order valence-corrected chi connectivity index (χ3v) is 5.64. The summed E-state index contributed by atoms with van der Waals surface area (Å²) in [5, 5.41) is 3.04. The van der Waals surface area contributed by atoms with Crippen molar-refractivity contribution in [3.63, 3.8) is 0 Å². The van der Waals surface area contributed by atoms with Gasteiger partial charge in [-0.2, -0.15) is 0 Å². The van der Waals surface area contributed by atoms with Crippen molar-refractivity contribution in [3.8, 4) is 0 Å². The van der Waals surface area contributed by atoms with E-state index in [1.807, 2.05) is 11.0 Å². The van der Waals surface area contributed by atoms with Crippen LogP contribution in [0.15, 0.2) is 30.3 Å². The first kappa shape index (κ1) is 24.4. The maximum absolute atomic E-state index is 13.1. The molecule has 168 valence electrons. The van der Waals surface area contributed by atoms with Gasteiger partial charge in [0.25, 0.3) is 0 Å². The van der Waals surface area contributed by atoms with E-state index in [0.717, 1.165) is 45.6 Å². The molecule has 0 aliphatic carbocycles. The van der Waals surface area contributed by atoms with Crippen molar-refractivity contribution < 1.29 is 9.59 Å². The van der Waals surface area contributed by atoms with Gasteiger partial charge in [-0.05, 0) is 29.7 Å². The summed E-state index contributed by atoms with van der Waals surface area (Å²) in [4.78, 5) is 30.0. The highest BCUT2D eigenvalue weighted by molar-refractivity contribution is 5.87. The van der Waals surface area contributed by atoms with Crippen molar-refractivity contribution in [1.82, 2.24) is 15.1 Å². The van der Waals surface area contributed by atoms with Crippen molar-refractivity contribution in [2.45, 2.75) is 72.9 Å². The zero-order valence-electron chi connectivity index (χ0n) is 19.6. The molecule has 0 saturated carbocycles. The van der Waals surface area contributed by atoms with E-state index in [4.69, 9.17) is 0 Å². The molecular formula is C25H41N3O2. The van der Waals surface area contributed by atoms with Gasteiger partial charge in [-0.15, -0.1) is 0 Å². The molecule has 2 unspecified atom stereocenters. The molecule has 0 spiro atoms. The summed E-state index contributed by atoms with van der Waals surface area (Å²) in [6, 6.07) is 10.1. The maximum Gasteiger partial charge on any atom is 0.245 e. The van der Waals surface area contributed by atoms with Gasteiger partial charge >= 0.3 is 0 Å². The zero-order chi connectivity index (χ0) is 22.1. The van der Waals surface area contributed by atoms with Crippen LogP contribution in [0.3, 0.4) is 0 Å². The van der Waals surface area contributed by atoms with Crippen LogP contribution in [0.1, 0.15) is 65.9 Å². The Bertz CT molecular complexity index is 661. The first-order chi connectivity index (χ1) is 14.2. The van der Waals surface area contributed by atoms with Crippen molar-refractivity contribution in [1.29, 1.82) is 0 Å². The smallest absolute Gasteiger partial charge is 0.245 e. The van der Waals surface area contributed by atoms with E-state index in [9.17, 15) is 9.59 Å². The van der Waals surface area contributed by atoms with Gasteiger partial charge in [0.15, 0.2) is 0 Å². The second kappa shape index (κ2) is 11.5. The molecule has 1 aliphatic heterocycles. The molecular weight excluding hydrogens is 374 g/mol. The molecule has 2 amide bonds. The Hall–Kier alpha value is -1.88. The van der Waals surface area contributed by atoms with Gasteiger partial charge < -0.3 is 10.2 Å². The highest BCUT2D eigenvalue weighted by atomic mass is 16.2. The number of benzene rings is 1. The quantitative estimate of drug-likeness (QED) is 0.661. The number of carbonyl (C=O) groups is 2. The molecule has 1 N–H and O–H groups in total. The van der Waals surface area contributed by atoms with Crippen LogP contribution >= 0.6 is 0 Å². The number of hydrogen-bond acceptors (Lipinski definition) is 3. The van der Waals surface area contributed by atoms with Gasteiger partial charge in [-0.3, -0.25) is 14.5 Å². The van der Waals surface area contributed by atoms with E-state index in [1.54, 1.807) is 0 Å². The maximum atomic E-state index is 13.1. The number of carbonyl (C=O) groups excluding carboxylic acids is 2. The molecule has 30 heavy (non-hydrogen) atoms. The molecule has 5 heteroatoms. The molecule has 2 atom stereocenters. The fraction of sp³-hybridized carbons (Fsp3) is 0.680. The first-order valence-corrected chi connectivity index (χ1v) is 11.5. The van der Waals surface area contributed by atoms with Gasteiger partial charge in [0.05, 0.1) is 0 Å². The van der Waals surface area contributed by atoms with Crippen molar-refractivity contribution in [2.75, 3.05) is 26.2 Å². The summed E-state index contributed by atoms with van der Waals surface area (Å²) in [6.07, 6.45) is 3.05. The van der Waals surface area contributed by atoms with Crippen LogP contribution in [-0.2, 0) is 16.1 Å². The molecule has 1 fully saturated rings. The van der Waals surface area contributed by atoms with Crippen LogP contribution in [0.4, 0.5) is 0 Å². The zero-order valence-corrected chi connectivity index (χ0v) is 19.6. The van der Waals surface area contributed by atoms with E-state index in [0.29, 0.717) is 18.8 Å². The van der Waals surface area contributed by atoms with E-state index in [1.165, 1.54) is 5.56 Å². The van der Waals surface area contributed by atoms with Crippen molar-refractivity contribution >= 4 is 11.8 Å². The number of rotatable bonds is 9. The normalized spacial score (nSPS) is 17.4. The Kier molecular flexibility index (Phi) is 9.35. The van der Waals surface area contributed by atoms with Gasteiger partial charge in [0.1, 0.15) is 6.04 Å². The fourth-order valence-electron chi connectivity index (χ4n) is 4.42. The summed E-state index contributed by atoms with van der Waals surface area (Å²) in [6.45, 7) is 14.9. The lowest BCUT2D eigenvalue weighted by atomic mass is 9.84. The third-order valence-electron chi connectivity index (χ3n) is 5.64. The lowest BCUT2D eigenvalue weighted by molar-refractivity contribution is -0.138. The van der Waals surface area contributed by atoms with Crippen LogP contribution in [0, 0.1) is 11.3 Å². The molecule has 1 aromatic carbocycles. The van der Waals surface area contributed by atoms with Gasteiger partial charge in [0.2, 0.25) is 11.8 Å². The third kappa shape index (κ3) is 8.47. The van der Waals surface area contributed by atoms with Crippen LogP contribution in [0.25, 0.3) is 0 Å². The second-order valence-electron chi connectivity index (χ2n) is 10.1. The standard InChI is InChI=1S/C25H41N3O2/c1-6-10-22(26-23(29)17-20(2)18-25(3,4)5)24(30)28-15-13-27(14-16-28)19-21-11-8-7-9-12-21/h7-9,11-12,20,22H,6,10,13-19H2,1-5H3,(H,26,29). The predicted octanol–water partition coefficient (Wildman–Crippen LogP) is 4.08. The molecule has 1 aromatic rings. The van der Waals surface area contributed by atoms with Gasteiger partial charge in [-0.25, -0.2) is 0 Å². The van der Waals surface area contributed by atoms with Crippen LogP contribution < -0.4 is 5.32 Å². The lowest BCUT2D eigenvalue weighted by Gasteiger charge is -2.36. The van der Waals surface area contributed by atoms with Crippen LogP contribution in [-0.4, -0.2) is 53.8 Å². The topological polar surface area (TPSA) is 52.7 Å². The number of piperazine rings is 1. The molecule has 0 aromatic heterocycles. The molecule has 1 aliphatic rings. The highest BCUT2D eigenvalue weighted by Gasteiger charge is 2.28. The summed E-state index contributed by atoms with van der Waals surface area (Å²) < 4.78 is 0. The largest absolute Gasteiger partial charge is 0.344 e. The second-order valence-corrected chi connectivity index (χ2v) is 10.1. The minimum Gasteiger partial charge on any atom is -0.344 e. The number of nitrogens with one attached hydrogen (secondary N) is 1. The van der Waals surface area contributed by atoms with E-state index >= 15 is 0 Å². The Balaban J connectivity index is 1.84. The fourth-order valence-corrected chi connectivity index (χ4v) is 4.42.